The average molecular weight is 251 g/mol. The summed E-state index contributed by atoms with van der Waals surface area (Å²) in [4.78, 5) is 21.9. The van der Waals surface area contributed by atoms with E-state index >= 15 is 0 Å². The zero-order valence-corrected chi connectivity index (χ0v) is 9.05. The van der Waals surface area contributed by atoms with E-state index in [9.17, 15) is 9.59 Å². The maximum atomic E-state index is 11.0. The Kier molecular flexibility index (Phi) is 4.29. The third kappa shape index (κ3) is 3.28. The van der Waals surface area contributed by atoms with E-state index in [0.717, 1.165) is 0 Å². The summed E-state index contributed by atoms with van der Waals surface area (Å²) >= 11 is 2.83. The zero-order chi connectivity index (χ0) is 10.6. The number of ketones is 1. The molecular formula is C8H11BrO4. The fourth-order valence-corrected chi connectivity index (χ4v) is 0.597. The highest BCUT2D eigenvalue weighted by Crippen LogP contribution is 2.21. The highest BCUT2D eigenvalue weighted by atomic mass is 79.9. The van der Waals surface area contributed by atoms with Crippen LogP contribution in [0, 0.1) is 0 Å². The van der Waals surface area contributed by atoms with Gasteiger partial charge >= 0.3 is 5.97 Å². The minimum absolute atomic E-state index is 0.165. The van der Waals surface area contributed by atoms with Gasteiger partial charge in [0.15, 0.2) is 5.78 Å². The molecular weight excluding hydrogens is 240 g/mol. The molecule has 1 unspecified atom stereocenters. The molecule has 0 spiro atoms. The second-order valence-corrected chi connectivity index (χ2v) is 3.89. The second kappa shape index (κ2) is 4.53. The highest BCUT2D eigenvalue weighted by molar-refractivity contribution is 9.10. The lowest BCUT2D eigenvalue weighted by Crippen LogP contribution is -2.39. The minimum Gasteiger partial charge on any atom is -0.434 e. The number of aliphatic hydroxyl groups excluding tert-OH is 1. The van der Waals surface area contributed by atoms with Gasteiger partial charge in [0.1, 0.15) is 6.61 Å². The summed E-state index contributed by atoms with van der Waals surface area (Å²) in [5.41, 5.74) is 0.165. The Morgan fingerprint density at radius 1 is 1.54 bits per heavy atom. The number of hydrogen-bond donors (Lipinski definition) is 1. The Bertz CT molecular complexity index is 249. The van der Waals surface area contributed by atoms with Crippen molar-refractivity contribution in [3.8, 4) is 0 Å². The van der Waals surface area contributed by atoms with Crippen molar-refractivity contribution in [1.82, 2.24) is 0 Å². The molecule has 0 saturated carbocycles. The van der Waals surface area contributed by atoms with Crippen LogP contribution in [0.2, 0.25) is 0 Å². The molecule has 1 atom stereocenters. The van der Waals surface area contributed by atoms with Gasteiger partial charge in [0, 0.05) is 5.57 Å². The number of ether oxygens (including phenoxy) is 1. The number of carbonyl (C=O) groups is 2. The predicted octanol–water partition coefficient (Wildman–Crippen LogP) is 0.778. The normalized spacial score (nSPS) is 14.5. The molecule has 5 heteroatoms. The van der Waals surface area contributed by atoms with Crippen LogP contribution >= 0.6 is 15.9 Å². The van der Waals surface area contributed by atoms with Gasteiger partial charge in [0.05, 0.1) is 0 Å². The van der Waals surface area contributed by atoms with Crippen LogP contribution in [0.1, 0.15) is 13.8 Å². The lowest BCUT2D eigenvalue weighted by atomic mass is 10.2. The van der Waals surface area contributed by atoms with Crippen molar-refractivity contribution in [2.24, 2.45) is 0 Å². The molecule has 0 aliphatic rings. The van der Waals surface area contributed by atoms with E-state index in [2.05, 4.69) is 27.2 Å². The zero-order valence-electron chi connectivity index (χ0n) is 7.46. The maximum Gasteiger partial charge on any atom is 0.335 e. The monoisotopic (exact) mass is 250 g/mol. The quantitative estimate of drug-likeness (QED) is 0.455. The van der Waals surface area contributed by atoms with Crippen LogP contribution in [-0.2, 0) is 14.3 Å². The molecule has 0 aromatic heterocycles. The molecule has 0 aliphatic heterocycles. The van der Waals surface area contributed by atoms with E-state index in [-0.39, 0.29) is 5.57 Å². The lowest BCUT2D eigenvalue weighted by molar-refractivity contribution is -0.155. The largest absolute Gasteiger partial charge is 0.434 e. The SMILES string of the molecule is C=C(C)C(=O)OC(Br)(CO)C(C)=O. The summed E-state index contributed by atoms with van der Waals surface area (Å²) in [6.07, 6.45) is 0. The van der Waals surface area contributed by atoms with Crippen molar-refractivity contribution in [2.75, 3.05) is 6.61 Å². The molecule has 4 nitrogen and oxygen atoms in total. The molecule has 74 valence electrons. The molecule has 0 aromatic rings. The molecule has 1 N–H and O–H groups in total. The molecule has 0 rings (SSSR count). The second-order valence-electron chi connectivity index (χ2n) is 2.61. The Balaban J connectivity index is 4.55. The van der Waals surface area contributed by atoms with Crippen LogP contribution in [0.3, 0.4) is 0 Å². The Labute approximate surface area is 84.7 Å². The summed E-state index contributed by atoms with van der Waals surface area (Å²) < 4.78 is 3.05. The number of esters is 1. The van der Waals surface area contributed by atoms with Gasteiger partial charge in [-0.1, -0.05) is 6.58 Å². The van der Waals surface area contributed by atoms with Gasteiger partial charge in [-0.15, -0.1) is 0 Å². The van der Waals surface area contributed by atoms with E-state index in [0.29, 0.717) is 0 Å². The molecule has 13 heavy (non-hydrogen) atoms. The number of rotatable bonds is 4. The van der Waals surface area contributed by atoms with E-state index in [4.69, 9.17) is 5.11 Å². The fourth-order valence-electron chi connectivity index (χ4n) is 0.450. The van der Waals surface area contributed by atoms with Crippen LogP contribution in [0.25, 0.3) is 0 Å². The van der Waals surface area contributed by atoms with Gasteiger partial charge in [0.25, 0.3) is 0 Å². The molecule has 0 bridgehead atoms. The van der Waals surface area contributed by atoms with E-state index in [1.165, 1.54) is 13.8 Å². The molecule has 0 aromatic carbocycles. The first kappa shape index (κ1) is 12.3. The van der Waals surface area contributed by atoms with Gasteiger partial charge in [-0.3, -0.25) is 4.79 Å². The maximum absolute atomic E-state index is 11.0. The molecule has 0 saturated heterocycles. The van der Waals surface area contributed by atoms with Gasteiger partial charge in [-0.05, 0) is 29.8 Å². The topological polar surface area (TPSA) is 63.6 Å². The van der Waals surface area contributed by atoms with Crippen LogP contribution < -0.4 is 0 Å². The highest BCUT2D eigenvalue weighted by Gasteiger charge is 2.36. The van der Waals surface area contributed by atoms with Gasteiger partial charge in [-0.25, -0.2) is 4.79 Å². The van der Waals surface area contributed by atoms with Crippen LogP contribution in [0.5, 0.6) is 0 Å². The van der Waals surface area contributed by atoms with Crippen molar-refractivity contribution in [3.63, 3.8) is 0 Å². The Morgan fingerprint density at radius 3 is 2.23 bits per heavy atom. The first-order chi connectivity index (χ1) is 5.83. The van der Waals surface area contributed by atoms with Crippen LogP contribution in [0.15, 0.2) is 12.2 Å². The molecule has 0 radical (unpaired) electrons. The first-order valence-corrected chi connectivity index (χ1v) is 4.32. The summed E-state index contributed by atoms with van der Waals surface area (Å²) in [5, 5.41) is 8.81. The number of halogens is 1. The van der Waals surface area contributed by atoms with Crippen molar-refractivity contribution >= 4 is 27.7 Å². The van der Waals surface area contributed by atoms with Crippen LogP contribution in [-0.4, -0.2) is 28.0 Å². The molecule has 0 heterocycles. The first-order valence-electron chi connectivity index (χ1n) is 3.53. The number of Topliss-reactive ketones (excluding diaryl/α,β-unsaturated/α-hetero) is 1. The summed E-state index contributed by atoms with van der Waals surface area (Å²) in [6.45, 7) is 5.39. The summed E-state index contributed by atoms with van der Waals surface area (Å²) in [5.74, 6) is -1.20. The van der Waals surface area contributed by atoms with Crippen molar-refractivity contribution in [3.05, 3.63) is 12.2 Å². The van der Waals surface area contributed by atoms with Crippen molar-refractivity contribution in [2.45, 2.75) is 18.4 Å². The standard InChI is InChI=1S/C8H11BrO4/c1-5(2)7(12)13-8(9,4-10)6(3)11/h10H,1,4H2,2-3H3. The van der Waals surface area contributed by atoms with Crippen molar-refractivity contribution in [1.29, 1.82) is 0 Å². The molecule has 0 amide bonds. The average Bonchev–Trinajstić information content (AvgIpc) is 2.03. The third-order valence-electron chi connectivity index (χ3n) is 1.33. The minimum atomic E-state index is -1.64. The third-order valence-corrected chi connectivity index (χ3v) is 2.30. The van der Waals surface area contributed by atoms with E-state index < -0.39 is 22.9 Å². The smallest absolute Gasteiger partial charge is 0.335 e. The number of hydrogen-bond acceptors (Lipinski definition) is 4. The number of aliphatic hydroxyl groups is 1. The van der Waals surface area contributed by atoms with Crippen molar-refractivity contribution < 1.29 is 19.4 Å². The molecule has 0 fully saturated rings. The van der Waals surface area contributed by atoms with Gasteiger partial charge in [-0.2, -0.15) is 0 Å². The predicted molar refractivity (Wildman–Crippen MR) is 50.3 cm³/mol. The summed E-state index contributed by atoms with van der Waals surface area (Å²) in [7, 11) is 0. The van der Waals surface area contributed by atoms with E-state index in [1.54, 1.807) is 0 Å². The Morgan fingerprint density at radius 2 is 2.00 bits per heavy atom. The van der Waals surface area contributed by atoms with Crippen LogP contribution in [0.4, 0.5) is 0 Å². The molecule has 0 aliphatic carbocycles. The summed E-state index contributed by atoms with van der Waals surface area (Å²) in [6, 6.07) is 0. The Hall–Kier alpha value is -0.680. The number of alkyl halides is 1. The lowest BCUT2D eigenvalue weighted by Gasteiger charge is -2.22. The number of carbonyl (C=O) groups excluding carboxylic acids is 2. The fraction of sp³-hybridized carbons (Fsp3) is 0.500. The van der Waals surface area contributed by atoms with Gasteiger partial charge in [0.2, 0.25) is 4.51 Å². The van der Waals surface area contributed by atoms with Gasteiger partial charge < -0.3 is 9.84 Å². The van der Waals surface area contributed by atoms with E-state index in [1.807, 2.05) is 0 Å².